The molecule has 0 saturated carbocycles. The fourth-order valence-electron chi connectivity index (χ4n) is 2.64. The molecule has 1 aliphatic heterocycles. The normalized spacial score (nSPS) is 23.6. The average molecular weight is 314 g/mol. The van der Waals surface area contributed by atoms with Gasteiger partial charge >= 0.3 is 0 Å². The number of nitrogens with one attached hydrogen (secondary N) is 2. The molecule has 5 N–H and O–H groups in total. The first-order valence-electron chi connectivity index (χ1n) is 6.41. The highest BCUT2D eigenvalue weighted by Crippen LogP contribution is 2.42. The van der Waals surface area contributed by atoms with Gasteiger partial charge in [0.05, 0.1) is 10.0 Å². The second-order valence-corrected chi connectivity index (χ2v) is 5.62. The number of hydrogen-bond donors (Lipinski definition) is 4. The Hall–Kier alpha value is -1.23. The molecule has 1 aromatic rings. The fraction of sp³-hybridized carbons (Fsp3) is 0.357. The molecule has 108 valence electrons. The van der Waals surface area contributed by atoms with E-state index < -0.39 is 0 Å². The van der Waals surface area contributed by atoms with Crippen LogP contribution in [-0.4, -0.2) is 23.9 Å². The summed E-state index contributed by atoms with van der Waals surface area (Å²) in [6.45, 7) is 0.767. The molecule has 1 aliphatic rings. The molecule has 4 nitrogen and oxygen atoms in total. The number of aromatic hydroxyl groups is 1. The molecule has 0 radical (unpaired) electrons. The quantitative estimate of drug-likeness (QED) is 0.647. The van der Waals surface area contributed by atoms with Crippen LogP contribution < -0.4 is 11.1 Å². The Morgan fingerprint density at radius 3 is 2.85 bits per heavy atom. The van der Waals surface area contributed by atoms with E-state index in [1.54, 1.807) is 12.1 Å². The van der Waals surface area contributed by atoms with Crippen LogP contribution in [0.4, 0.5) is 0 Å². The van der Waals surface area contributed by atoms with Crippen LogP contribution >= 0.6 is 23.2 Å². The Morgan fingerprint density at radius 1 is 1.45 bits per heavy atom. The van der Waals surface area contributed by atoms with Gasteiger partial charge in [0.25, 0.3) is 0 Å². The molecule has 2 rings (SSSR count). The van der Waals surface area contributed by atoms with Gasteiger partial charge in [-0.15, -0.1) is 0 Å². The van der Waals surface area contributed by atoms with Crippen LogP contribution in [0.1, 0.15) is 24.3 Å². The topological polar surface area (TPSA) is 82.1 Å². The molecule has 0 spiro atoms. The molecule has 1 fully saturated rings. The molecule has 6 heteroatoms. The summed E-state index contributed by atoms with van der Waals surface area (Å²) >= 11 is 12.3. The molecular formula is C14H17Cl2N3O. The minimum atomic E-state index is -0.00861. The van der Waals surface area contributed by atoms with Crippen molar-refractivity contribution in [3.63, 3.8) is 0 Å². The Balaban J connectivity index is 2.30. The fourth-order valence-corrected chi connectivity index (χ4v) is 3.12. The number of piperidine rings is 1. The monoisotopic (exact) mass is 313 g/mol. The number of hydrogen-bond acceptors (Lipinski definition) is 4. The molecule has 2 atom stereocenters. The van der Waals surface area contributed by atoms with Gasteiger partial charge in [0.15, 0.2) is 0 Å². The van der Waals surface area contributed by atoms with Gasteiger partial charge in [-0.25, -0.2) is 0 Å². The molecule has 20 heavy (non-hydrogen) atoms. The summed E-state index contributed by atoms with van der Waals surface area (Å²) < 4.78 is 0. The highest BCUT2D eigenvalue weighted by Gasteiger charge is 2.28. The number of phenols is 1. The highest BCUT2D eigenvalue weighted by atomic mass is 35.5. The minimum Gasteiger partial charge on any atom is -0.508 e. The molecule has 1 heterocycles. The minimum absolute atomic E-state index is 0.00861. The van der Waals surface area contributed by atoms with Crippen molar-refractivity contribution in [3.05, 3.63) is 39.5 Å². The van der Waals surface area contributed by atoms with Crippen molar-refractivity contribution >= 4 is 29.4 Å². The lowest BCUT2D eigenvalue weighted by atomic mass is 9.83. The lowest BCUT2D eigenvalue weighted by Crippen LogP contribution is -2.39. The summed E-state index contributed by atoms with van der Waals surface area (Å²) in [5.74, 6) is 0.250. The molecule has 2 unspecified atom stereocenters. The predicted octanol–water partition coefficient (Wildman–Crippen LogP) is 3.03. The van der Waals surface area contributed by atoms with E-state index in [9.17, 15) is 5.11 Å². The smallest absolute Gasteiger partial charge is 0.120 e. The third-order valence-electron chi connectivity index (χ3n) is 3.68. The number of halogens is 2. The van der Waals surface area contributed by atoms with Gasteiger partial charge in [0.1, 0.15) is 5.75 Å². The zero-order chi connectivity index (χ0) is 14.7. The van der Waals surface area contributed by atoms with Crippen LogP contribution in [0.25, 0.3) is 0 Å². The van der Waals surface area contributed by atoms with Crippen LogP contribution in [0.2, 0.25) is 10.0 Å². The second-order valence-electron chi connectivity index (χ2n) is 4.83. The van der Waals surface area contributed by atoms with E-state index in [0.717, 1.165) is 18.5 Å². The standard InChI is InChI=1S/C14H17Cl2N3O/c15-10-1-2-12(20)13(14(10)16)8-3-4-19-11(5-8)9(6-17)7-18/h1-2,6-8,11,17,19-20H,3-5,18H2/b9-7+,17-6?. The summed E-state index contributed by atoms with van der Waals surface area (Å²) in [6.07, 6.45) is 4.25. The maximum atomic E-state index is 10.1. The summed E-state index contributed by atoms with van der Waals surface area (Å²) in [5.41, 5.74) is 6.95. The Kier molecular flexibility index (Phi) is 4.91. The largest absolute Gasteiger partial charge is 0.508 e. The molecule has 0 aromatic heterocycles. The average Bonchev–Trinajstić information content (AvgIpc) is 2.45. The van der Waals surface area contributed by atoms with Gasteiger partial charge in [0, 0.05) is 29.6 Å². The van der Waals surface area contributed by atoms with Gasteiger partial charge in [-0.3, -0.25) is 0 Å². The first-order valence-corrected chi connectivity index (χ1v) is 7.16. The number of nitrogens with two attached hydrogens (primary N) is 1. The third-order valence-corrected chi connectivity index (χ3v) is 4.50. The van der Waals surface area contributed by atoms with Crippen molar-refractivity contribution in [1.82, 2.24) is 5.32 Å². The zero-order valence-corrected chi connectivity index (χ0v) is 12.4. The predicted molar refractivity (Wildman–Crippen MR) is 82.9 cm³/mol. The molecule has 0 bridgehead atoms. The molecule has 0 amide bonds. The van der Waals surface area contributed by atoms with Crippen molar-refractivity contribution in [2.45, 2.75) is 24.8 Å². The number of phenolic OH excluding ortho intramolecular Hbond substituents is 1. The number of benzene rings is 1. The van der Waals surface area contributed by atoms with Crippen molar-refractivity contribution in [2.75, 3.05) is 6.54 Å². The van der Waals surface area contributed by atoms with Gasteiger partial charge in [-0.1, -0.05) is 23.2 Å². The first-order chi connectivity index (χ1) is 9.58. The molecular weight excluding hydrogens is 297 g/mol. The molecule has 0 aliphatic carbocycles. The van der Waals surface area contributed by atoms with Gasteiger partial charge in [0.2, 0.25) is 0 Å². The van der Waals surface area contributed by atoms with Crippen LogP contribution in [0.15, 0.2) is 23.9 Å². The van der Waals surface area contributed by atoms with E-state index in [2.05, 4.69) is 5.32 Å². The van der Waals surface area contributed by atoms with Crippen molar-refractivity contribution in [1.29, 1.82) is 5.41 Å². The highest BCUT2D eigenvalue weighted by molar-refractivity contribution is 6.42. The van der Waals surface area contributed by atoms with Crippen LogP contribution in [-0.2, 0) is 0 Å². The van der Waals surface area contributed by atoms with Crippen molar-refractivity contribution in [2.24, 2.45) is 5.73 Å². The van der Waals surface area contributed by atoms with E-state index in [4.69, 9.17) is 34.3 Å². The van der Waals surface area contributed by atoms with Crippen LogP contribution in [0, 0.1) is 5.41 Å². The molecule has 1 aromatic carbocycles. The van der Waals surface area contributed by atoms with E-state index in [-0.39, 0.29) is 17.7 Å². The van der Waals surface area contributed by atoms with Crippen LogP contribution in [0.5, 0.6) is 5.75 Å². The lowest BCUT2D eigenvalue weighted by Gasteiger charge is -2.32. The van der Waals surface area contributed by atoms with Crippen molar-refractivity contribution in [3.8, 4) is 5.75 Å². The Morgan fingerprint density at radius 2 is 2.20 bits per heavy atom. The zero-order valence-electron chi connectivity index (χ0n) is 10.9. The van der Waals surface area contributed by atoms with E-state index >= 15 is 0 Å². The second kappa shape index (κ2) is 6.48. The van der Waals surface area contributed by atoms with E-state index in [1.165, 1.54) is 12.4 Å². The Bertz CT molecular complexity index is 545. The van der Waals surface area contributed by atoms with E-state index in [1.807, 2.05) is 0 Å². The van der Waals surface area contributed by atoms with Gasteiger partial charge in [-0.2, -0.15) is 0 Å². The lowest BCUT2D eigenvalue weighted by molar-refractivity contribution is 0.385. The summed E-state index contributed by atoms with van der Waals surface area (Å²) in [7, 11) is 0. The Labute approximate surface area is 128 Å². The SMILES string of the molecule is N=C/C(=C\N)C1CC(c2c(O)ccc(Cl)c2Cl)CCN1. The maximum Gasteiger partial charge on any atom is 0.120 e. The summed E-state index contributed by atoms with van der Waals surface area (Å²) in [5, 5.41) is 21.6. The first kappa shape index (κ1) is 15.2. The van der Waals surface area contributed by atoms with Crippen LogP contribution in [0.3, 0.4) is 0 Å². The van der Waals surface area contributed by atoms with Gasteiger partial charge < -0.3 is 21.6 Å². The molecule has 1 saturated heterocycles. The summed E-state index contributed by atoms with van der Waals surface area (Å²) in [4.78, 5) is 0. The summed E-state index contributed by atoms with van der Waals surface area (Å²) in [6, 6.07) is 3.15. The third kappa shape index (κ3) is 2.92. The maximum absolute atomic E-state index is 10.1. The number of rotatable bonds is 3. The van der Waals surface area contributed by atoms with Gasteiger partial charge in [-0.05, 0) is 37.4 Å². The van der Waals surface area contributed by atoms with Crippen molar-refractivity contribution < 1.29 is 5.11 Å². The van der Waals surface area contributed by atoms with E-state index in [0.29, 0.717) is 22.0 Å².